The first-order valence-corrected chi connectivity index (χ1v) is 10.9. The monoisotopic (exact) mass is 384 g/mol. The maximum absolute atomic E-state index is 11.7. The molecule has 2 heteroatoms. The van der Waals surface area contributed by atoms with Crippen molar-refractivity contribution in [2.75, 3.05) is 6.61 Å². The second-order valence-electron chi connectivity index (χ2n) is 6.44. The molecule has 0 aromatic rings. The van der Waals surface area contributed by atoms with Gasteiger partial charge in [0.2, 0.25) is 0 Å². The van der Waals surface area contributed by atoms with Crippen LogP contribution in [0.3, 0.4) is 0 Å². The van der Waals surface area contributed by atoms with Crippen LogP contribution in [0.1, 0.15) is 78.6 Å². The molecule has 0 amide bonds. The predicted molar refractivity (Wildman–Crippen MR) is 123 cm³/mol. The van der Waals surface area contributed by atoms with Crippen LogP contribution in [0.25, 0.3) is 0 Å². The van der Waals surface area contributed by atoms with E-state index in [4.69, 9.17) is 4.74 Å². The molecule has 0 aliphatic rings. The highest BCUT2D eigenvalue weighted by molar-refractivity contribution is 5.88. The summed E-state index contributed by atoms with van der Waals surface area (Å²) >= 11 is 0. The average molecular weight is 385 g/mol. The largest absolute Gasteiger partial charge is 0.463 e. The zero-order chi connectivity index (χ0) is 20.7. The van der Waals surface area contributed by atoms with E-state index in [1.807, 2.05) is 19.9 Å². The van der Waals surface area contributed by atoms with Gasteiger partial charge in [0.25, 0.3) is 0 Å². The SMILES string of the molecule is CCC=CCC=CCC=CCC=CCC=CCCCC=C(CC)C(=O)OCC. The van der Waals surface area contributed by atoms with Crippen LogP contribution in [0, 0.1) is 0 Å². The van der Waals surface area contributed by atoms with Gasteiger partial charge >= 0.3 is 5.97 Å². The van der Waals surface area contributed by atoms with Crippen molar-refractivity contribution in [3.05, 3.63) is 72.4 Å². The summed E-state index contributed by atoms with van der Waals surface area (Å²) in [7, 11) is 0. The van der Waals surface area contributed by atoms with Crippen LogP contribution in [0.5, 0.6) is 0 Å². The Balaban J connectivity index is 3.72. The van der Waals surface area contributed by atoms with Gasteiger partial charge in [0.05, 0.1) is 6.61 Å². The Hall–Kier alpha value is -2.09. The molecule has 0 heterocycles. The average Bonchev–Trinajstić information content (AvgIpc) is 2.70. The van der Waals surface area contributed by atoms with Crippen LogP contribution in [-0.2, 0) is 9.53 Å². The molecule has 0 aliphatic carbocycles. The Morgan fingerprint density at radius 3 is 1.64 bits per heavy atom. The molecular weight excluding hydrogens is 344 g/mol. The molecule has 0 aromatic heterocycles. The summed E-state index contributed by atoms with van der Waals surface area (Å²) in [6, 6.07) is 0. The standard InChI is InChI=1S/C26H40O2/c1-4-7-8-9-10-11-12-13-14-15-16-17-18-19-20-21-22-23-24-25(5-2)26(27)28-6-3/h7-8,10-11,13-14,16-17,19-20,24H,4-6,9,12,15,18,21-23H2,1-3H3. The number of unbranched alkanes of at least 4 members (excludes halogenated alkanes) is 2. The Bertz CT molecular complexity index is 545. The van der Waals surface area contributed by atoms with E-state index in [2.05, 4.69) is 67.7 Å². The lowest BCUT2D eigenvalue weighted by Gasteiger charge is -2.03. The summed E-state index contributed by atoms with van der Waals surface area (Å²) in [6.45, 7) is 6.43. The van der Waals surface area contributed by atoms with E-state index in [1.54, 1.807) is 0 Å². The molecule has 0 aromatic carbocycles. The van der Waals surface area contributed by atoms with Crippen LogP contribution < -0.4 is 0 Å². The smallest absolute Gasteiger partial charge is 0.333 e. The number of esters is 1. The van der Waals surface area contributed by atoms with Crippen molar-refractivity contribution < 1.29 is 9.53 Å². The van der Waals surface area contributed by atoms with Gasteiger partial charge in [0.15, 0.2) is 0 Å². The Morgan fingerprint density at radius 1 is 0.679 bits per heavy atom. The van der Waals surface area contributed by atoms with Crippen LogP contribution in [0.4, 0.5) is 0 Å². The first-order chi connectivity index (χ1) is 13.8. The second-order valence-corrected chi connectivity index (χ2v) is 6.44. The minimum atomic E-state index is -0.167. The molecule has 0 saturated heterocycles. The third-order valence-corrected chi connectivity index (χ3v) is 4.04. The van der Waals surface area contributed by atoms with Crippen molar-refractivity contribution >= 4 is 5.97 Å². The Labute approximate surface area is 173 Å². The van der Waals surface area contributed by atoms with Crippen molar-refractivity contribution in [3.63, 3.8) is 0 Å². The van der Waals surface area contributed by atoms with E-state index < -0.39 is 0 Å². The van der Waals surface area contributed by atoms with Crippen LogP contribution >= 0.6 is 0 Å². The fourth-order valence-electron chi connectivity index (χ4n) is 2.48. The van der Waals surface area contributed by atoms with E-state index in [0.29, 0.717) is 6.61 Å². The lowest BCUT2D eigenvalue weighted by Crippen LogP contribution is -2.06. The third kappa shape index (κ3) is 17.3. The zero-order valence-corrected chi connectivity index (χ0v) is 18.2. The lowest BCUT2D eigenvalue weighted by atomic mass is 10.1. The molecule has 28 heavy (non-hydrogen) atoms. The number of rotatable bonds is 16. The van der Waals surface area contributed by atoms with Crippen molar-refractivity contribution in [1.82, 2.24) is 0 Å². The normalized spacial score (nSPS) is 13.2. The fourth-order valence-corrected chi connectivity index (χ4v) is 2.48. The van der Waals surface area contributed by atoms with Gasteiger partial charge in [-0.15, -0.1) is 0 Å². The lowest BCUT2D eigenvalue weighted by molar-refractivity contribution is -0.138. The first kappa shape index (κ1) is 25.9. The van der Waals surface area contributed by atoms with Crippen LogP contribution in [0.2, 0.25) is 0 Å². The van der Waals surface area contributed by atoms with Crippen LogP contribution in [0.15, 0.2) is 72.4 Å². The van der Waals surface area contributed by atoms with E-state index >= 15 is 0 Å². The minimum Gasteiger partial charge on any atom is -0.463 e. The van der Waals surface area contributed by atoms with Gasteiger partial charge < -0.3 is 4.74 Å². The quantitative estimate of drug-likeness (QED) is 0.117. The highest BCUT2D eigenvalue weighted by Crippen LogP contribution is 2.08. The molecular formula is C26H40O2. The fraction of sp³-hybridized carbons (Fsp3) is 0.500. The predicted octanol–water partition coefficient (Wildman–Crippen LogP) is 7.81. The number of hydrogen-bond donors (Lipinski definition) is 0. The molecule has 0 saturated carbocycles. The van der Waals surface area contributed by atoms with Crippen molar-refractivity contribution in [3.8, 4) is 0 Å². The maximum Gasteiger partial charge on any atom is 0.333 e. The molecule has 0 radical (unpaired) electrons. The van der Waals surface area contributed by atoms with E-state index in [1.165, 1.54) is 0 Å². The number of carbonyl (C=O) groups is 1. The molecule has 0 atom stereocenters. The molecule has 0 bridgehead atoms. The first-order valence-electron chi connectivity index (χ1n) is 10.9. The van der Waals surface area contributed by atoms with Gasteiger partial charge in [-0.1, -0.05) is 80.7 Å². The molecule has 0 aliphatic heterocycles. The number of ether oxygens (including phenoxy) is 1. The molecule has 0 spiro atoms. The van der Waals surface area contributed by atoms with Crippen molar-refractivity contribution in [2.24, 2.45) is 0 Å². The summed E-state index contributed by atoms with van der Waals surface area (Å²) < 4.78 is 5.04. The van der Waals surface area contributed by atoms with Gasteiger partial charge in [0.1, 0.15) is 0 Å². The van der Waals surface area contributed by atoms with Crippen LogP contribution in [-0.4, -0.2) is 12.6 Å². The van der Waals surface area contributed by atoms with Gasteiger partial charge in [0, 0.05) is 5.57 Å². The second kappa shape index (κ2) is 21.2. The minimum absolute atomic E-state index is 0.167. The third-order valence-electron chi connectivity index (χ3n) is 4.04. The number of allylic oxidation sites excluding steroid dienone is 11. The maximum atomic E-state index is 11.7. The molecule has 156 valence electrons. The molecule has 0 N–H and O–H groups in total. The summed E-state index contributed by atoms with van der Waals surface area (Å²) in [5.41, 5.74) is 0.797. The number of carbonyl (C=O) groups excluding carboxylic acids is 1. The number of hydrogen-bond acceptors (Lipinski definition) is 2. The van der Waals surface area contributed by atoms with E-state index in [9.17, 15) is 4.79 Å². The molecule has 0 fully saturated rings. The highest BCUT2D eigenvalue weighted by Gasteiger charge is 2.06. The summed E-state index contributed by atoms with van der Waals surface area (Å²) in [4.78, 5) is 11.7. The summed E-state index contributed by atoms with van der Waals surface area (Å²) in [5, 5.41) is 0. The molecule has 2 nitrogen and oxygen atoms in total. The zero-order valence-electron chi connectivity index (χ0n) is 18.2. The van der Waals surface area contributed by atoms with E-state index in [0.717, 1.165) is 63.4 Å². The van der Waals surface area contributed by atoms with Crippen molar-refractivity contribution in [2.45, 2.75) is 78.6 Å². The highest BCUT2D eigenvalue weighted by atomic mass is 16.5. The molecule has 0 rings (SSSR count). The van der Waals surface area contributed by atoms with Gasteiger partial charge in [-0.05, 0) is 64.7 Å². The summed E-state index contributed by atoms with van der Waals surface area (Å²) in [6.07, 6.45) is 33.1. The Morgan fingerprint density at radius 2 is 1.18 bits per heavy atom. The van der Waals surface area contributed by atoms with Crippen molar-refractivity contribution in [1.29, 1.82) is 0 Å². The van der Waals surface area contributed by atoms with Gasteiger partial charge in [-0.2, -0.15) is 0 Å². The summed E-state index contributed by atoms with van der Waals surface area (Å²) in [5.74, 6) is -0.167. The Kier molecular flexibility index (Phi) is 19.6. The molecule has 0 unspecified atom stereocenters. The van der Waals surface area contributed by atoms with Gasteiger partial charge in [-0.25, -0.2) is 4.79 Å². The van der Waals surface area contributed by atoms with E-state index in [-0.39, 0.29) is 5.97 Å². The topological polar surface area (TPSA) is 26.3 Å². The van der Waals surface area contributed by atoms with Gasteiger partial charge in [-0.3, -0.25) is 0 Å².